The van der Waals surface area contributed by atoms with Crippen LogP contribution in [-0.4, -0.2) is 16.6 Å². The van der Waals surface area contributed by atoms with Gasteiger partial charge in [-0.25, -0.2) is 9.97 Å². The molecular formula is C20H21ClN2O. The molecule has 0 saturated heterocycles. The van der Waals surface area contributed by atoms with E-state index in [9.17, 15) is 0 Å². The fourth-order valence-corrected chi connectivity index (χ4v) is 2.80. The van der Waals surface area contributed by atoms with Crippen LogP contribution >= 0.6 is 11.6 Å². The number of halogens is 1. The third kappa shape index (κ3) is 3.68. The molecule has 3 aromatic rings. The van der Waals surface area contributed by atoms with E-state index in [-0.39, 0.29) is 5.41 Å². The third-order valence-electron chi connectivity index (χ3n) is 4.03. The van der Waals surface area contributed by atoms with Gasteiger partial charge in [0.2, 0.25) is 5.88 Å². The number of hydrogen-bond donors (Lipinski definition) is 0. The second kappa shape index (κ2) is 6.78. The molecule has 24 heavy (non-hydrogen) atoms. The maximum atomic E-state index is 6.16. The lowest BCUT2D eigenvalue weighted by Gasteiger charge is -2.19. The monoisotopic (exact) mass is 340 g/mol. The van der Waals surface area contributed by atoms with Crippen molar-refractivity contribution in [3.63, 3.8) is 0 Å². The lowest BCUT2D eigenvalue weighted by molar-refractivity contribution is 0.313. The van der Waals surface area contributed by atoms with Gasteiger partial charge < -0.3 is 4.74 Å². The van der Waals surface area contributed by atoms with Gasteiger partial charge in [0.15, 0.2) is 0 Å². The van der Waals surface area contributed by atoms with E-state index in [4.69, 9.17) is 16.3 Å². The normalized spacial score (nSPS) is 11.7. The number of benzene rings is 2. The van der Waals surface area contributed by atoms with E-state index in [1.165, 1.54) is 17.5 Å². The average Bonchev–Trinajstić information content (AvgIpc) is 2.55. The van der Waals surface area contributed by atoms with E-state index in [1.54, 1.807) is 0 Å². The van der Waals surface area contributed by atoms with Gasteiger partial charge in [0.1, 0.15) is 6.33 Å². The zero-order valence-corrected chi connectivity index (χ0v) is 15.0. The summed E-state index contributed by atoms with van der Waals surface area (Å²) in [5.74, 6) is 0.578. The number of hydrogen-bond acceptors (Lipinski definition) is 3. The van der Waals surface area contributed by atoms with E-state index in [2.05, 4.69) is 55.0 Å². The summed E-state index contributed by atoms with van der Waals surface area (Å²) >= 11 is 6.16. The van der Waals surface area contributed by atoms with Crippen LogP contribution in [0.15, 0.2) is 48.8 Å². The van der Waals surface area contributed by atoms with Crippen molar-refractivity contribution in [3.05, 3.63) is 64.9 Å². The van der Waals surface area contributed by atoms with E-state index in [0.29, 0.717) is 17.5 Å². The van der Waals surface area contributed by atoms with E-state index in [0.717, 1.165) is 17.3 Å². The van der Waals surface area contributed by atoms with Crippen LogP contribution in [0.1, 0.15) is 31.9 Å². The van der Waals surface area contributed by atoms with Crippen LogP contribution in [0.3, 0.4) is 0 Å². The summed E-state index contributed by atoms with van der Waals surface area (Å²) in [5, 5.41) is 1.45. The van der Waals surface area contributed by atoms with Crippen molar-refractivity contribution < 1.29 is 4.74 Å². The fourth-order valence-electron chi connectivity index (χ4n) is 2.58. The first-order valence-electron chi connectivity index (χ1n) is 8.06. The molecule has 0 aliphatic heterocycles. The number of nitrogens with zero attached hydrogens (tertiary/aromatic N) is 2. The molecule has 1 heterocycles. The van der Waals surface area contributed by atoms with Crippen molar-refractivity contribution in [1.82, 2.24) is 9.97 Å². The molecule has 3 rings (SSSR count). The van der Waals surface area contributed by atoms with Gasteiger partial charge in [0.25, 0.3) is 0 Å². The smallest absolute Gasteiger partial charge is 0.224 e. The van der Waals surface area contributed by atoms with Crippen molar-refractivity contribution in [2.24, 2.45) is 0 Å². The Morgan fingerprint density at radius 2 is 1.75 bits per heavy atom. The lowest BCUT2D eigenvalue weighted by Crippen LogP contribution is -2.11. The molecule has 0 unspecified atom stereocenters. The molecule has 4 heteroatoms. The molecule has 3 nitrogen and oxygen atoms in total. The molecule has 1 aromatic heterocycles. The minimum atomic E-state index is 0.175. The van der Waals surface area contributed by atoms with Gasteiger partial charge in [-0.05, 0) is 28.7 Å². The van der Waals surface area contributed by atoms with E-state index in [1.807, 2.05) is 18.2 Å². The quantitative estimate of drug-likeness (QED) is 0.654. The first kappa shape index (κ1) is 16.7. The SMILES string of the molecule is CC(C)(C)c1ccc(CCOc2ncnc3c(Cl)cccc23)cc1. The van der Waals surface area contributed by atoms with Gasteiger partial charge in [-0.15, -0.1) is 0 Å². The molecule has 0 aliphatic rings. The van der Waals surface area contributed by atoms with Crippen molar-refractivity contribution in [2.45, 2.75) is 32.6 Å². The maximum Gasteiger partial charge on any atom is 0.224 e. The van der Waals surface area contributed by atoms with Crippen LogP contribution in [0.2, 0.25) is 5.02 Å². The summed E-state index contributed by atoms with van der Waals surface area (Å²) < 4.78 is 5.87. The number of ether oxygens (including phenoxy) is 1. The standard InChI is InChI=1S/C20H21ClN2O/c1-20(2,3)15-9-7-14(8-10-15)11-12-24-19-16-5-4-6-17(21)18(16)22-13-23-19/h4-10,13H,11-12H2,1-3H3. The number of aromatic nitrogens is 2. The molecule has 0 saturated carbocycles. The first-order chi connectivity index (χ1) is 11.4. The summed E-state index contributed by atoms with van der Waals surface area (Å²) in [6, 6.07) is 14.3. The molecular weight excluding hydrogens is 320 g/mol. The molecule has 124 valence electrons. The Labute approximate surface area is 147 Å². The third-order valence-corrected chi connectivity index (χ3v) is 4.33. The number of fused-ring (bicyclic) bond motifs is 1. The van der Waals surface area contributed by atoms with Crippen molar-refractivity contribution >= 4 is 22.5 Å². The highest BCUT2D eigenvalue weighted by Gasteiger charge is 2.13. The minimum absolute atomic E-state index is 0.175. The highest BCUT2D eigenvalue weighted by molar-refractivity contribution is 6.35. The molecule has 0 atom stereocenters. The predicted octanol–water partition coefficient (Wildman–Crippen LogP) is 5.20. The molecule has 0 bridgehead atoms. The fraction of sp³-hybridized carbons (Fsp3) is 0.300. The highest BCUT2D eigenvalue weighted by atomic mass is 35.5. The molecule has 0 amide bonds. The summed E-state index contributed by atoms with van der Waals surface area (Å²) in [5.41, 5.74) is 3.48. The number of rotatable bonds is 4. The second-order valence-corrected chi connectivity index (χ2v) is 7.27. The van der Waals surface area contributed by atoms with Gasteiger partial charge in [0, 0.05) is 6.42 Å². The Kier molecular flexibility index (Phi) is 4.72. The highest BCUT2D eigenvalue weighted by Crippen LogP contribution is 2.27. The lowest BCUT2D eigenvalue weighted by atomic mass is 9.86. The molecule has 0 aliphatic carbocycles. The largest absolute Gasteiger partial charge is 0.477 e. The van der Waals surface area contributed by atoms with Gasteiger partial charge in [0.05, 0.1) is 22.5 Å². The Morgan fingerprint density at radius 3 is 2.46 bits per heavy atom. The second-order valence-electron chi connectivity index (χ2n) is 6.86. The topological polar surface area (TPSA) is 35.0 Å². The zero-order valence-electron chi connectivity index (χ0n) is 14.2. The van der Waals surface area contributed by atoms with E-state index >= 15 is 0 Å². The zero-order chi connectivity index (χ0) is 17.2. The molecule has 2 aromatic carbocycles. The summed E-state index contributed by atoms with van der Waals surface area (Å²) in [4.78, 5) is 8.45. The van der Waals surface area contributed by atoms with Gasteiger partial charge in [-0.1, -0.05) is 62.7 Å². The Balaban J connectivity index is 1.68. The van der Waals surface area contributed by atoms with Crippen LogP contribution in [0, 0.1) is 0 Å². The maximum absolute atomic E-state index is 6.16. The molecule has 0 radical (unpaired) electrons. The molecule has 0 fully saturated rings. The molecule has 0 spiro atoms. The Hall–Kier alpha value is -2.13. The van der Waals surface area contributed by atoms with Gasteiger partial charge >= 0.3 is 0 Å². The molecule has 0 N–H and O–H groups in total. The summed E-state index contributed by atoms with van der Waals surface area (Å²) in [7, 11) is 0. The minimum Gasteiger partial charge on any atom is -0.477 e. The van der Waals surface area contributed by atoms with Crippen LogP contribution in [-0.2, 0) is 11.8 Å². The van der Waals surface area contributed by atoms with Crippen LogP contribution in [0.25, 0.3) is 10.9 Å². The average molecular weight is 341 g/mol. The number of para-hydroxylation sites is 1. The van der Waals surface area contributed by atoms with Crippen molar-refractivity contribution in [1.29, 1.82) is 0 Å². The van der Waals surface area contributed by atoms with Crippen LogP contribution in [0.5, 0.6) is 5.88 Å². The summed E-state index contributed by atoms with van der Waals surface area (Å²) in [6.45, 7) is 7.22. The Bertz CT molecular complexity index is 838. The van der Waals surface area contributed by atoms with Gasteiger partial charge in [-0.3, -0.25) is 0 Å². The van der Waals surface area contributed by atoms with Gasteiger partial charge in [-0.2, -0.15) is 0 Å². The predicted molar refractivity (Wildman–Crippen MR) is 98.9 cm³/mol. The Morgan fingerprint density at radius 1 is 1.00 bits per heavy atom. The van der Waals surface area contributed by atoms with Crippen molar-refractivity contribution in [3.8, 4) is 5.88 Å². The van der Waals surface area contributed by atoms with Crippen LogP contribution < -0.4 is 4.74 Å². The van der Waals surface area contributed by atoms with Crippen molar-refractivity contribution in [2.75, 3.05) is 6.61 Å². The first-order valence-corrected chi connectivity index (χ1v) is 8.44. The summed E-state index contributed by atoms with van der Waals surface area (Å²) in [6.07, 6.45) is 2.32. The van der Waals surface area contributed by atoms with Crippen LogP contribution in [0.4, 0.5) is 0 Å². The van der Waals surface area contributed by atoms with E-state index < -0.39 is 0 Å².